The molecule has 0 amide bonds. The van der Waals surface area contributed by atoms with Gasteiger partial charge in [-0.15, -0.1) is 0 Å². The van der Waals surface area contributed by atoms with E-state index in [9.17, 15) is 8.42 Å². The summed E-state index contributed by atoms with van der Waals surface area (Å²) in [4.78, 5) is 15.0. The van der Waals surface area contributed by atoms with E-state index >= 15 is 0 Å². The summed E-state index contributed by atoms with van der Waals surface area (Å²) in [5.74, 6) is 1.69. The first kappa shape index (κ1) is 22.0. The van der Waals surface area contributed by atoms with Crippen LogP contribution in [0.4, 0.5) is 5.82 Å². The lowest BCUT2D eigenvalue weighted by atomic mass is 10.1. The predicted molar refractivity (Wildman–Crippen MR) is 118 cm³/mol. The van der Waals surface area contributed by atoms with E-state index in [0.717, 1.165) is 37.3 Å². The lowest BCUT2D eigenvalue weighted by molar-refractivity contribution is 0.459. The largest absolute Gasteiger partial charge is 0.356 e. The highest BCUT2D eigenvalue weighted by Gasteiger charge is 2.21. The second kappa shape index (κ2) is 10.4. The molecule has 1 aliphatic rings. The molecule has 0 unspecified atom stereocenters. The minimum Gasteiger partial charge on any atom is -0.356 e. The van der Waals surface area contributed by atoms with Gasteiger partial charge in [-0.1, -0.05) is 6.07 Å². The van der Waals surface area contributed by atoms with Gasteiger partial charge in [0, 0.05) is 57.9 Å². The van der Waals surface area contributed by atoms with Crippen molar-refractivity contribution in [3.05, 3.63) is 48.4 Å². The Labute approximate surface area is 178 Å². The number of nitrogens with one attached hydrogen (secondary N) is 3. The fraction of sp³-hybridized carbons (Fsp3) is 0.450. The summed E-state index contributed by atoms with van der Waals surface area (Å²) < 4.78 is 26.9. The third-order valence-electron chi connectivity index (χ3n) is 4.93. The number of hydrogen-bond donors (Lipinski definition) is 3. The number of anilines is 1. The van der Waals surface area contributed by atoms with Gasteiger partial charge in [0.05, 0.1) is 0 Å². The highest BCUT2D eigenvalue weighted by molar-refractivity contribution is 7.89. The molecule has 2 aromatic heterocycles. The fourth-order valence-corrected chi connectivity index (χ4v) is 4.24. The van der Waals surface area contributed by atoms with Gasteiger partial charge in [0.25, 0.3) is 0 Å². The van der Waals surface area contributed by atoms with E-state index in [4.69, 9.17) is 0 Å². The van der Waals surface area contributed by atoms with E-state index in [-0.39, 0.29) is 11.4 Å². The standard InChI is InChI=1S/C20H29N7O2S/c1-16-5-6-19(24-14-16)27-12-7-17(8-13-27)26-20(21-2)23-10-11-25-30(28,29)18-4-3-9-22-15-18/h3-6,9,14-15,17,25H,7-8,10-13H2,1-2H3,(H2,21,23,26). The monoisotopic (exact) mass is 431 g/mol. The summed E-state index contributed by atoms with van der Waals surface area (Å²) in [5.41, 5.74) is 1.16. The van der Waals surface area contributed by atoms with Gasteiger partial charge < -0.3 is 15.5 Å². The van der Waals surface area contributed by atoms with Gasteiger partial charge >= 0.3 is 0 Å². The van der Waals surface area contributed by atoms with E-state index in [1.54, 1.807) is 13.1 Å². The Balaban J connectivity index is 1.39. The van der Waals surface area contributed by atoms with Crippen LogP contribution in [-0.4, -0.2) is 63.6 Å². The topological polar surface area (TPSA) is 112 Å². The first-order valence-corrected chi connectivity index (χ1v) is 11.5. The highest BCUT2D eigenvalue weighted by atomic mass is 32.2. The quantitative estimate of drug-likeness (QED) is 0.339. The van der Waals surface area contributed by atoms with Crippen LogP contribution in [0.1, 0.15) is 18.4 Å². The molecule has 9 nitrogen and oxygen atoms in total. The number of rotatable bonds is 7. The molecule has 2 aromatic rings. The van der Waals surface area contributed by atoms with Crippen molar-refractivity contribution in [2.24, 2.45) is 4.99 Å². The molecule has 1 aliphatic heterocycles. The molecular formula is C20H29N7O2S. The molecule has 0 atom stereocenters. The van der Waals surface area contributed by atoms with E-state index < -0.39 is 10.0 Å². The summed E-state index contributed by atoms with van der Waals surface area (Å²) >= 11 is 0. The smallest absolute Gasteiger partial charge is 0.242 e. The lowest BCUT2D eigenvalue weighted by Crippen LogP contribution is -2.49. The van der Waals surface area contributed by atoms with Crippen LogP contribution in [0.15, 0.2) is 52.7 Å². The molecule has 0 aliphatic carbocycles. The molecule has 3 rings (SSSR count). The Morgan fingerprint density at radius 1 is 1.20 bits per heavy atom. The van der Waals surface area contributed by atoms with Gasteiger partial charge in [-0.05, 0) is 43.5 Å². The fourth-order valence-electron chi connectivity index (χ4n) is 3.24. The van der Waals surface area contributed by atoms with Crippen LogP contribution in [0.5, 0.6) is 0 Å². The van der Waals surface area contributed by atoms with Crippen molar-refractivity contribution in [1.29, 1.82) is 0 Å². The molecule has 3 N–H and O–H groups in total. The van der Waals surface area contributed by atoms with Crippen LogP contribution in [0, 0.1) is 6.92 Å². The molecular weight excluding hydrogens is 402 g/mol. The van der Waals surface area contributed by atoms with Gasteiger partial charge in [-0.2, -0.15) is 0 Å². The second-order valence-electron chi connectivity index (χ2n) is 7.18. The molecule has 0 saturated carbocycles. The number of aliphatic imine (C=N–C) groups is 1. The number of sulfonamides is 1. The van der Waals surface area contributed by atoms with E-state index in [1.807, 2.05) is 13.1 Å². The van der Waals surface area contributed by atoms with Crippen molar-refractivity contribution >= 4 is 21.8 Å². The first-order valence-electron chi connectivity index (χ1n) is 10.0. The van der Waals surface area contributed by atoms with Crippen LogP contribution in [0.25, 0.3) is 0 Å². The molecule has 0 radical (unpaired) electrons. The molecule has 30 heavy (non-hydrogen) atoms. The van der Waals surface area contributed by atoms with Crippen LogP contribution in [-0.2, 0) is 10.0 Å². The van der Waals surface area contributed by atoms with Crippen molar-refractivity contribution in [3.63, 3.8) is 0 Å². The number of hydrogen-bond acceptors (Lipinski definition) is 6. The van der Waals surface area contributed by atoms with Gasteiger partial charge in [-0.25, -0.2) is 18.1 Å². The van der Waals surface area contributed by atoms with Crippen molar-refractivity contribution in [2.45, 2.75) is 30.7 Å². The predicted octanol–water partition coefficient (Wildman–Crippen LogP) is 0.897. The van der Waals surface area contributed by atoms with E-state index in [2.05, 4.69) is 47.3 Å². The number of aromatic nitrogens is 2. The Morgan fingerprint density at radius 2 is 2.00 bits per heavy atom. The van der Waals surface area contributed by atoms with E-state index in [1.165, 1.54) is 18.5 Å². The zero-order valence-electron chi connectivity index (χ0n) is 17.4. The zero-order chi connectivity index (χ0) is 21.4. The maximum Gasteiger partial charge on any atom is 0.242 e. The normalized spacial score (nSPS) is 15.8. The summed E-state index contributed by atoms with van der Waals surface area (Å²) in [7, 11) is -1.84. The number of guanidine groups is 1. The van der Waals surface area contributed by atoms with Crippen LogP contribution in [0.2, 0.25) is 0 Å². The third kappa shape index (κ3) is 6.14. The number of piperidine rings is 1. The van der Waals surface area contributed by atoms with Crippen molar-refractivity contribution in [1.82, 2.24) is 25.3 Å². The van der Waals surface area contributed by atoms with Crippen molar-refractivity contribution in [2.75, 3.05) is 38.1 Å². The van der Waals surface area contributed by atoms with Gasteiger partial charge in [0.1, 0.15) is 10.7 Å². The molecule has 1 saturated heterocycles. The average molecular weight is 432 g/mol. The minimum absolute atomic E-state index is 0.155. The Bertz CT molecular complexity index is 925. The third-order valence-corrected chi connectivity index (χ3v) is 6.38. The van der Waals surface area contributed by atoms with Crippen molar-refractivity contribution < 1.29 is 8.42 Å². The first-order chi connectivity index (χ1) is 14.5. The highest BCUT2D eigenvalue weighted by Crippen LogP contribution is 2.18. The maximum atomic E-state index is 12.2. The van der Waals surface area contributed by atoms with Crippen molar-refractivity contribution in [3.8, 4) is 0 Å². The minimum atomic E-state index is -3.55. The van der Waals surface area contributed by atoms with Crippen LogP contribution < -0.4 is 20.3 Å². The Hall–Kier alpha value is -2.72. The zero-order valence-corrected chi connectivity index (χ0v) is 18.2. The lowest BCUT2D eigenvalue weighted by Gasteiger charge is -2.33. The Kier molecular flexibility index (Phi) is 7.58. The molecule has 3 heterocycles. The number of aryl methyl sites for hydroxylation is 1. The van der Waals surface area contributed by atoms with Gasteiger partial charge in [-0.3, -0.25) is 9.98 Å². The summed E-state index contributed by atoms with van der Waals surface area (Å²) in [6.07, 6.45) is 6.72. The Morgan fingerprint density at radius 3 is 2.63 bits per heavy atom. The molecule has 162 valence electrons. The summed E-state index contributed by atoms with van der Waals surface area (Å²) in [5, 5.41) is 6.58. The number of nitrogens with zero attached hydrogens (tertiary/aromatic N) is 4. The van der Waals surface area contributed by atoms with Gasteiger partial charge in [0.15, 0.2) is 5.96 Å². The maximum absolute atomic E-state index is 12.2. The summed E-state index contributed by atoms with van der Waals surface area (Å²) in [6, 6.07) is 7.57. The summed E-state index contributed by atoms with van der Waals surface area (Å²) in [6.45, 7) is 4.56. The SMILES string of the molecule is CN=C(NCCNS(=O)(=O)c1cccnc1)NC1CCN(c2ccc(C)cn2)CC1. The number of pyridine rings is 2. The second-order valence-corrected chi connectivity index (χ2v) is 8.95. The molecule has 1 fully saturated rings. The molecule has 0 bridgehead atoms. The molecule has 0 spiro atoms. The van der Waals surface area contributed by atoms with Crippen LogP contribution in [0.3, 0.4) is 0 Å². The molecule has 0 aromatic carbocycles. The van der Waals surface area contributed by atoms with E-state index in [0.29, 0.717) is 18.5 Å². The average Bonchev–Trinajstić information content (AvgIpc) is 2.77. The van der Waals surface area contributed by atoms with Gasteiger partial charge in [0.2, 0.25) is 10.0 Å². The molecule has 10 heteroatoms. The van der Waals surface area contributed by atoms with Crippen LogP contribution >= 0.6 is 0 Å².